The van der Waals surface area contributed by atoms with Crippen molar-refractivity contribution in [1.29, 1.82) is 0 Å². The van der Waals surface area contributed by atoms with E-state index in [1.165, 1.54) is 29.2 Å². The Bertz CT molecular complexity index is 1050. The van der Waals surface area contributed by atoms with E-state index < -0.39 is 22.7 Å². The SMILES string of the molecule is CCN(CC)CCN1C(=O)C(=O)C(=C(O)c2ccc(Br)cc2)[C@@H]1c1ccc([N+](=O)[O-])cc1. The van der Waals surface area contributed by atoms with E-state index in [0.717, 1.165) is 17.6 Å². The van der Waals surface area contributed by atoms with Crippen LogP contribution in [-0.4, -0.2) is 57.7 Å². The van der Waals surface area contributed by atoms with Crippen LogP contribution in [0.25, 0.3) is 5.76 Å². The number of nitrogens with zero attached hydrogens (tertiary/aromatic N) is 3. The van der Waals surface area contributed by atoms with E-state index in [9.17, 15) is 24.8 Å². The van der Waals surface area contributed by atoms with E-state index in [0.29, 0.717) is 17.7 Å². The van der Waals surface area contributed by atoms with Gasteiger partial charge in [0.1, 0.15) is 5.76 Å². The third-order valence-electron chi connectivity index (χ3n) is 5.63. The Labute approximate surface area is 194 Å². The third-order valence-corrected chi connectivity index (χ3v) is 6.16. The van der Waals surface area contributed by atoms with Crippen molar-refractivity contribution in [3.05, 3.63) is 79.8 Å². The maximum atomic E-state index is 13.0. The molecule has 1 atom stereocenters. The second kappa shape index (κ2) is 10.1. The van der Waals surface area contributed by atoms with Crippen LogP contribution < -0.4 is 0 Å². The molecule has 0 unspecified atom stereocenters. The maximum absolute atomic E-state index is 13.0. The van der Waals surface area contributed by atoms with Gasteiger partial charge in [-0.1, -0.05) is 41.9 Å². The number of ketones is 1. The Morgan fingerprint density at radius 2 is 1.69 bits per heavy atom. The smallest absolute Gasteiger partial charge is 0.295 e. The van der Waals surface area contributed by atoms with Crippen LogP contribution in [0.5, 0.6) is 0 Å². The molecule has 9 heteroatoms. The Morgan fingerprint density at radius 3 is 2.22 bits per heavy atom. The molecular weight excluding hydrogens is 478 g/mol. The van der Waals surface area contributed by atoms with Crippen molar-refractivity contribution < 1.29 is 19.6 Å². The Hall–Kier alpha value is -3.04. The molecule has 2 aromatic rings. The van der Waals surface area contributed by atoms with E-state index in [1.807, 2.05) is 13.8 Å². The zero-order valence-electron chi connectivity index (χ0n) is 17.8. The number of non-ortho nitro benzene ring substituents is 1. The van der Waals surface area contributed by atoms with E-state index in [1.54, 1.807) is 24.3 Å². The standard InChI is InChI=1S/C23H24BrN3O5/c1-3-25(4-2)13-14-26-20(15-7-11-18(12-8-15)27(31)32)19(22(29)23(26)30)21(28)16-5-9-17(24)10-6-16/h5-12,20,28H,3-4,13-14H2,1-2H3/t20-/m0/s1. The first kappa shape index (κ1) is 23.6. The van der Waals surface area contributed by atoms with Crippen molar-refractivity contribution in [3.8, 4) is 0 Å². The quantitative estimate of drug-likeness (QED) is 0.192. The largest absolute Gasteiger partial charge is 0.507 e. The molecule has 0 aliphatic carbocycles. The van der Waals surface area contributed by atoms with Gasteiger partial charge in [0.25, 0.3) is 17.4 Å². The summed E-state index contributed by atoms with van der Waals surface area (Å²) < 4.78 is 0.806. The van der Waals surface area contributed by atoms with Crippen LogP contribution in [0.4, 0.5) is 5.69 Å². The van der Waals surface area contributed by atoms with Crippen molar-refractivity contribution in [1.82, 2.24) is 9.80 Å². The lowest BCUT2D eigenvalue weighted by molar-refractivity contribution is -0.384. The molecular formula is C23H24BrN3O5. The molecule has 2 aromatic carbocycles. The van der Waals surface area contributed by atoms with Gasteiger partial charge in [-0.05, 0) is 42.9 Å². The molecule has 1 fully saturated rings. The fourth-order valence-electron chi connectivity index (χ4n) is 3.79. The molecule has 0 radical (unpaired) electrons. The third kappa shape index (κ3) is 4.73. The molecule has 0 bridgehead atoms. The lowest BCUT2D eigenvalue weighted by atomic mass is 9.95. The molecule has 1 saturated heterocycles. The summed E-state index contributed by atoms with van der Waals surface area (Å²) in [6.45, 7) is 6.45. The average molecular weight is 502 g/mol. The van der Waals surface area contributed by atoms with Crippen molar-refractivity contribution >= 4 is 39.1 Å². The number of likely N-dealkylation sites (N-methyl/N-ethyl adjacent to an activating group) is 1. The van der Waals surface area contributed by atoms with Crippen molar-refractivity contribution in [2.75, 3.05) is 26.2 Å². The van der Waals surface area contributed by atoms with E-state index in [-0.39, 0.29) is 23.6 Å². The molecule has 8 nitrogen and oxygen atoms in total. The highest BCUT2D eigenvalue weighted by Gasteiger charge is 2.46. The summed E-state index contributed by atoms with van der Waals surface area (Å²) in [5.41, 5.74) is 0.808. The second-order valence-electron chi connectivity index (χ2n) is 7.37. The Balaban J connectivity index is 2.10. The van der Waals surface area contributed by atoms with Crippen LogP contribution in [0.15, 0.2) is 58.6 Å². The first-order valence-electron chi connectivity index (χ1n) is 10.3. The first-order chi connectivity index (χ1) is 15.3. The summed E-state index contributed by atoms with van der Waals surface area (Å²) in [5.74, 6) is -1.74. The molecule has 1 N–H and O–H groups in total. The fraction of sp³-hybridized carbons (Fsp3) is 0.304. The van der Waals surface area contributed by atoms with Crippen LogP contribution in [0.1, 0.15) is 31.0 Å². The van der Waals surface area contributed by atoms with Crippen LogP contribution in [0, 0.1) is 10.1 Å². The first-order valence-corrected chi connectivity index (χ1v) is 11.1. The zero-order valence-corrected chi connectivity index (χ0v) is 19.4. The number of halogens is 1. The van der Waals surface area contributed by atoms with Crippen molar-refractivity contribution in [2.45, 2.75) is 19.9 Å². The number of carbonyl (C=O) groups excluding carboxylic acids is 2. The van der Waals surface area contributed by atoms with Crippen LogP contribution in [0.3, 0.4) is 0 Å². The minimum Gasteiger partial charge on any atom is -0.507 e. The Kier molecular flexibility index (Phi) is 7.42. The zero-order chi connectivity index (χ0) is 23.4. The minimum atomic E-state index is -0.838. The number of nitro benzene ring substituents is 1. The van der Waals surface area contributed by atoms with Gasteiger partial charge >= 0.3 is 0 Å². The second-order valence-corrected chi connectivity index (χ2v) is 8.29. The Morgan fingerprint density at radius 1 is 1.09 bits per heavy atom. The van der Waals surface area contributed by atoms with Gasteiger partial charge in [0.05, 0.1) is 16.5 Å². The van der Waals surface area contributed by atoms with Gasteiger partial charge in [0.2, 0.25) is 0 Å². The molecule has 1 heterocycles. The fourth-order valence-corrected chi connectivity index (χ4v) is 4.05. The number of amides is 1. The summed E-state index contributed by atoms with van der Waals surface area (Å²) in [6, 6.07) is 11.6. The molecule has 0 aromatic heterocycles. The molecule has 0 spiro atoms. The summed E-state index contributed by atoms with van der Waals surface area (Å²) >= 11 is 3.34. The van der Waals surface area contributed by atoms with Gasteiger partial charge in [-0.25, -0.2) is 0 Å². The summed E-state index contributed by atoms with van der Waals surface area (Å²) in [7, 11) is 0. The highest BCUT2D eigenvalue weighted by atomic mass is 79.9. The average Bonchev–Trinajstić information content (AvgIpc) is 3.04. The molecule has 3 rings (SSSR count). The van der Waals surface area contributed by atoms with Gasteiger partial charge in [-0.15, -0.1) is 0 Å². The highest BCUT2D eigenvalue weighted by molar-refractivity contribution is 9.10. The predicted molar refractivity (Wildman–Crippen MR) is 124 cm³/mol. The number of Topliss-reactive ketones (excluding diaryl/α,β-unsaturated/α-hetero) is 1. The highest BCUT2D eigenvalue weighted by Crippen LogP contribution is 2.39. The number of likely N-dealkylation sites (tertiary alicyclic amines) is 1. The molecule has 0 saturated carbocycles. The number of hydrogen-bond acceptors (Lipinski definition) is 6. The van der Waals surface area contributed by atoms with E-state index >= 15 is 0 Å². The van der Waals surface area contributed by atoms with Crippen LogP contribution >= 0.6 is 15.9 Å². The summed E-state index contributed by atoms with van der Waals surface area (Å²) in [6.07, 6.45) is 0. The molecule has 168 valence electrons. The number of aliphatic hydroxyl groups is 1. The lowest BCUT2D eigenvalue weighted by Crippen LogP contribution is -2.38. The van der Waals surface area contributed by atoms with Gasteiger partial charge in [0.15, 0.2) is 0 Å². The minimum absolute atomic E-state index is 0.0225. The lowest BCUT2D eigenvalue weighted by Gasteiger charge is -2.28. The number of rotatable bonds is 8. The van der Waals surface area contributed by atoms with Crippen LogP contribution in [0.2, 0.25) is 0 Å². The monoisotopic (exact) mass is 501 g/mol. The predicted octanol–water partition coefficient (Wildman–Crippen LogP) is 4.12. The number of aliphatic hydroxyl groups excluding tert-OH is 1. The molecule has 1 amide bonds. The van der Waals surface area contributed by atoms with E-state index in [4.69, 9.17) is 0 Å². The topological polar surface area (TPSA) is 104 Å². The number of benzene rings is 2. The maximum Gasteiger partial charge on any atom is 0.295 e. The van der Waals surface area contributed by atoms with E-state index in [2.05, 4.69) is 20.8 Å². The van der Waals surface area contributed by atoms with Gasteiger partial charge in [-0.2, -0.15) is 0 Å². The van der Waals surface area contributed by atoms with Crippen molar-refractivity contribution in [2.24, 2.45) is 0 Å². The molecule has 1 aliphatic heterocycles. The molecule has 1 aliphatic rings. The summed E-state index contributed by atoms with van der Waals surface area (Å²) in [4.78, 5) is 40.1. The van der Waals surface area contributed by atoms with Gasteiger partial charge < -0.3 is 14.9 Å². The van der Waals surface area contributed by atoms with Gasteiger partial charge in [-0.3, -0.25) is 19.7 Å². The normalized spacial score (nSPS) is 17.9. The molecule has 32 heavy (non-hydrogen) atoms. The van der Waals surface area contributed by atoms with Crippen LogP contribution in [-0.2, 0) is 9.59 Å². The van der Waals surface area contributed by atoms with Gasteiger partial charge in [0, 0.05) is 35.3 Å². The number of nitro groups is 1. The van der Waals surface area contributed by atoms with Crippen molar-refractivity contribution in [3.63, 3.8) is 0 Å². The number of carbonyl (C=O) groups is 2. The number of hydrogen-bond donors (Lipinski definition) is 1. The summed E-state index contributed by atoms with van der Waals surface area (Å²) in [5, 5.41) is 22.1.